The zero-order valence-electron chi connectivity index (χ0n) is 36.5. The zero-order valence-corrected chi connectivity index (χ0v) is 36.5. The number of carbonyl (C=O) groups is 10. The van der Waals surface area contributed by atoms with E-state index in [-0.39, 0.29) is 18.8 Å². The molecule has 1 aromatic heterocycles. The first kappa shape index (κ1) is 54.4. The third-order valence-corrected chi connectivity index (χ3v) is 9.61. The molecule has 0 aliphatic heterocycles. The number of fused-ring (bicyclic) bond motifs is 1. The second kappa shape index (κ2) is 26.2. The van der Waals surface area contributed by atoms with Gasteiger partial charge in [-0.15, -0.1) is 0 Å². The van der Waals surface area contributed by atoms with Crippen molar-refractivity contribution in [2.75, 3.05) is 26.3 Å². The molecule has 1 heterocycles. The third-order valence-electron chi connectivity index (χ3n) is 9.61. The highest BCUT2D eigenvalue weighted by Gasteiger charge is 2.34. The number of nitrogens with two attached hydrogens (primary N) is 1. The Bertz CT molecular complexity index is 2020. The number of nitrogens with one attached hydrogen (secondary N) is 9. The fourth-order valence-electron chi connectivity index (χ4n) is 6.14. The molecule has 16 N–H and O–H groups in total. The molecule has 0 saturated carbocycles. The number of amides is 8. The summed E-state index contributed by atoms with van der Waals surface area (Å²) in [7, 11) is 0. The smallest absolute Gasteiger partial charge is 0.328 e. The second-order valence-electron chi connectivity index (χ2n) is 15.9. The van der Waals surface area contributed by atoms with Crippen molar-refractivity contribution in [1.29, 1.82) is 0 Å². The number of benzene rings is 1. The van der Waals surface area contributed by atoms with E-state index in [9.17, 15) is 63.3 Å². The van der Waals surface area contributed by atoms with Crippen LogP contribution in [0.3, 0.4) is 0 Å². The van der Waals surface area contributed by atoms with Crippen LogP contribution in [0.4, 0.5) is 0 Å². The first-order chi connectivity index (χ1) is 30.5. The Balaban J connectivity index is 2.05. The first-order valence-corrected chi connectivity index (χ1v) is 20.5. The second-order valence-corrected chi connectivity index (χ2v) is 15.9. The molecule has 65 heavy (non-hydrogen) atoms. The molecule has 25 heteroatoms. The highest BCUT2D eigenvalue weighted by Crippen LogP contribution is 2.19. The summed E-state index contributed by atoms with van der Waals surface area (Å²) in [5.41, 5.74) is 7.79. The number of aromatic amines is 1. The van der Waals surface area contributed by atoms with Crippen LogP contribution < -0.4 is 48.3 Å². The van der Waals surface area contributed by atoms with Gasteiger partial charge < -0.3 is 78.8 Å². The lowest BCUT2D eigenvalue weighted by Crippen LogP contribution is -2.60. The van der Waals surface area contributed by atoms with Crippen molar-refractivity contribution in [2.24, 2.45) is 17.6 Å². The molecule has 0 unspecified atom stereocenters. The number of aliphatic carboxylic acids is 2. The van der Waals surface area contributed by atoms with Crippen LogP contribution in [0.15, 0.2) is 30.5 Å². The van der Waals surface area contributed by atoms with Gasteiger partial charge in [0.15, 0.2) is 0 Å². The van der Waals surface area contributed by atoms with Gasteiger partial charge in [0.1, 0.15) is 36.3 Å². The zero-order chi connectivity index (χ0) is 49.1. The standard InChI is InChI=1S/C40H60N10O15/c1-18(2)10-25(46-34(58)23(41)11-21-13-42-24-9-7-6-8-22(21)24)36(60)47-26(12-31(56)57)37(61)48-27(16-51)35(59)43-15-30(55)49-32(19(3)4)39(63)50-33(20(5)53)38(62)44-14-29(54)45-28(17-52)40(64)65/h6-9,13,18-20,23,25-28,32-33,42,51-53H,10-12,14-17,41H2,1-5H3,(H,43,59)(H,44,62)(H,45,54)(H,46,58)(H,47,60)(H,48,61)(H,49,55)(H,50,63)(H,56,57)(H,64,65)/t20-,23+,25+,26+,27+,28+,32+,33+/m1/s1. The van der Waals surface area contributed by atoms with Crippen LogP contribution in [-0.2, 0) is 54.4 Å². The molecule has 0 radical (unpaired) electrons. The maximum absolute atomic E-state index is 13.5. The third kappa shape index (κ3) is 17.8. The molecule has 2 aromatic rings. The van der Waals surface area contributed by atoms with E-state index in [1.54, 1.807) is 20.0 Å². The normalized spacial score (nSPS) is 14.9. The SMILES string of the molecule is CC(C)C[C@H](NC(=O)[C@@H](N)Cc1c[nH]c2ccccc12)C(=O)N[C@@H](CC(=O)O)C(=O)N[C@@H](CO)C(=O)NCC(=O)N[C@H](C(=O)N[C@H](C(=O)NCC(=O)N[C@@H](CO)C(=O)O)[C@@H](C)O)C(C)C. The number of aliphatic hydroxyl groups excluding tert-OH is 3. The lowest BCUT2D eigenvalue weighted by molar-refractivity contribution is -0.143. The molecule has 360 valence electrons. The van der Waals surface area contributed by atoms with E-state index in [0.29, 0.717) is 0 Å². The van der Waals surface area contributed by atoms with Gasteiger partial charge in [-0.3, -0.25) is 43.2 Å². The van der Waals surface area contributed by atoms with Crippen LogP contribution in [0.1, 0.15) is 53.0 Å². The van der Waals surface area contributed by atoms with Crippen LogP contribution in [0.5, 0.6) is 0 Å². The minimum absolute atomic E-state index is 0.0586. The van der Waals surface area contributed by atoms with E-state index in [0.717, 1.165) is 23.4 Å². The van der Waals surface area contributed by atoms with E-state index in [1.807, 2.05) is 29.6 Å². The van der Waals surface area contributed by atoms with Gasteiger partial charge in [0.25, 0.3) is 0 Å². The molecular weight excluding hydrogens is 860 g/mol. The van der Waals surface area contributed by atoms with Crippen molar-refractivity contribution < 1.29 is 73.5 Å². The van der Waals surface area contributed by atoms with Crippen molar-refractivity contribution in [1.82, 2.24) is 47.5 Å². The number of aromatic nitrogens is 1. The summed E-state index contributed by atoms with van der Waals surface area (Å²) in [4.78, 5) is 130. The van der Waals surface area contributed by atoms with Gasteiger partial charge in [-0.25, -0.2) is 4.79 Å². The lowest BCUT2D eigenvalue weighted by Gasteiger charge is -2.27. The average molecular weight is 921 g/mol. The number of carboxylic acid groups (broad SMARTS) is 2. The van der Waals surface area contributed by atoms with Crippen LogP contribution in [0.2, 0.25) is 0 Å². The van der Waals surface area contributed by atoms with Crippen molar-refractivity contribution in [3.05, 3.63) is 36.0 Å². The summed E-state index contributed by atoms with van der Waals surface area (Å²) in [6.45, 7) is 4.05. The van der Waals surface area contributed by atoms with Gasteiger partial charge in [-0.05, 0) is 43.2 Å². The maximum atomic E-state index is 13.5. The topological polar surface area (TPSA) is 410 Å². The fraction of sp³-hybridized carbons (Fsp3) is 0.550. The van der Waals surface area contributed by atoms with E-state index in [4.69, 9.17) is 15.9 Å². The van der Waals surface area contributed by atoms with Gasteiger partial charge in [0, 0.05) is 17.1 Å². The molecule has 2 rings (SSSR count). The van der Waals surface area contributed by atoms with Gasteiger partial charge in [0.05, 0.1) is 44.9 Å². The summed E-state index contributed by atoms with van der Waals surface area (Å²) in [6, 6.07) is -3.31. The first-order valence-electron chi connectivity index (χ1n) is 20.5. The Labute approximate surface area is 372 Å². The molecule has 25 nitrogen and oxygen atoms in total. The lowest BCUT2D eigenvalue weighted by atomic mass is 10.0. The highest BCUT2D eigenvalue weighted by molar-refractivity contribution is 5.98. The van der Waals surface area contributed by atoms with Crippen LogP contribution in [0.25, 0.3) is 10.9 Å². The minimum Gasteiger partial charge on any atom is -0.481 e. The van der Waals surface area contributed by atoms with Gasteiger partial charge in [-0.2, -0.15) is 0 Å². The molecule has 0 fully saturated rings. The number of hydrogen-bond donors (Lipinski definition) is 15. The number of aliphatic hydroxyl groups is 3. The average Bonchev–Trinajstić information content (AvgIpc) is 3.64. The molecule has 0 spiro atoms. The Morgan fingerprint density at radius 2 is 1.18 bits per heavy atom. The van der Waals surface area contributed by atoms with Crippen LogP contribution in [0, 0.1) is 11.8 Å². The molecule has 8 amide bonds. The number of carboxylic acids is 2. The molecule has 0 aliphatic rings. The van der Waals surface area contributed by atoms with Crippen LogP contribution >= 0.6 is 0 Å². The summed E-state index contributed by atoms with van der Waals surface area (Å²) in [5, 5.41) is 66.3. The molecule has 0 aliphatic carbocycles. The Morgan fingerprint density at radius 1 is 0.631 bits per heavy atom. The largest absolute Gasteiger partial charge is 0.481 e. The summed E-state index contributed by atoms with van der Waals surface area (Å²) in [6.07, 6.45) is -0.644. The van der Waals surface area contributed by atoms with Crippen LogP contribution in [-0.4, -0.2) is 164 Å². The number of H-pyrrole nitrogens is 1. The summed E-state index contributed by atoms with van der Waals surface area (Å²) < 4.78 is 0. The Kier molecular flexibility index (Phi) is 21.9. The summed E-state index contributed by atoms with van der Waals surface area (Å²) in [5.74, 6) is -11.9. The molecular formula is C40H60N10O15. The summed E-state index contributed by atoms with van der Waals surface area (Å²) >= 11 is 0. The quantitative estimate of drug-likeness (QED) is 0.0398. The molecule has 0 saturated heterocycles. The number of para-hydroxylation sites is 1. The van der Waals surface area contributed by atoms with Gasteiger partial charge >= 0.3 is 11.9 Å². The number of hydrogen-bond acceptors (Lipinski definition) is 14. The van der Waals surface area contributed by atoms with Crippen molar-refractivity contribution >= 4 is 70.1 Å². The van der Waals surface area contributed by atoms with E-state index < -0.39 is 146 Å². The van der Waals surface area contributed by atoms with Crippen molar-refractivity contribution in [3.8, 4) is 0 Å². The molecule has 0 bridgehead atoms. The maximum Gasteiger partial charge on any atom is 0.328 e. The fourth-order valence-corrected chi connectivity index (χ4v) is 6.14. The minimum atomic E-state index is -1.82. The Morgan fingerprint density at radius 3 is 1.74 bits per heavy atom. The molecule has 1 aromatic carbocycles. The van der Waals surface area contributed by atoms with E-state index in [1.165, 1.54) is 13.8 Å². The predicted octanol–water partition coefficient (Wildman–Crippen LogP) is -5.19. The molecule has 8 atom stereocenters. The predicted molar refractivity (Wildman–Crippen MR) is 228 cm³/mol. The highest BCUT2D eigenvalue weighted by atomic mass is 16.4. The van der Waals surface area contributed by atoms with E-state index >= 15 is 0 Å². The van der Waals surface area contributed by atoms with E-state index in [2.05, 4.69) is 42.2 Å². The monoisotopic (exact) mass is 920 g/mol. The van der Waals surface area contributed by atoms with Crippen molar-refractivity contribution in [3.63, 3.8) is 0 Å². The number of rotatable bonds is 27. The van der Waals surface area contributed by atoms with Crippen molar-refractivity contribution in [2.45, 2.75) is 102 Å². The van der Waals surface area contributed by atoms with Gasteiger partial charge in [-0.1, -0.05) is 45.9 Å². The van der Waals surface area contributed by atoms with Gasteiger partial charge in [0.2, 0.25) is 47.3 Å². The Hall–Kier alpha value is -6.70. The number of carbonyl (C=O) groups excluding carboxylic acids is 8.